The molecule has 1 heterocycles. The molecule has 1 fully saturated rings. The number of hydrogen-bond donors (Lipinski definition) is 1. The van der Waals surface area contributed by atoms with Gasteiger partial charge in [-0.2, -0.15) is 0 Å². The van der Waals surface area contributed by atoms with Crippen molar-refractivity contribution in [3.05, 3.63) is 54.1 Å². The van der Waals surface area contributed by atoms with E-state index in [1.165, 1.54) is 0 Å². The molecule has 24 heavy (non-hydrogen) atoms. The van der Waals surface area contributed by atoms with Gasteiger partial charge < -0.3 is 19.3 Å². The first kappa shape index (κ1) is 17.0. The highest BCUT2D eigenvalue weighted by Crippen LogP contribution is 2.40. The summed E-state index contributed by atoms with van der Waals surface area (Å²) in [6, 6.07) is 11.7. The van der Waals surface area contributed by atoms with Crippen LogP contribution in [0.15, 0.2) is 48.6 Å². The number of methoxy groups -OCH3 is 1. The van der Waals surface area contributed by atoms with Crippen molar-refractivity contribution < 1.29 is 19.3 Å². The molecule has 0 saturated carbocycles. The van der Waals surface area contributed by atoms with Crippen LogP contribution in [-0.2, 0) is 15.1 Å². The molecule has 4 nitrogen and oxygen atoms in total. The molecular weight excluding hydrogens is 304 g/mol. The molecule has 0 bridgehead atoms. The molecule has 4 heteroatoms. The standard InChI is InChI=1S/C20H24O4/c1-13(2)20(21,18-12-23-19(3,4)24-18)16-8-6-15-11-17(22-5)9-7-14(15)10-16/h6-11,18,21H,1,12H2,2-5H3/t18-,20+/m1/s1. The minimum absolute atomic E-state index is 0.316. The smallest absolute Gasteiger partial charge is 0.163 e. The lowest BCUT2D eigenvalue weighted by Gasteiger charge is -2.34. The van der Waals surface area contributed by atoms with Crippen molar-refractivity contribution in [2.75, 3.05) is 13.7 Å². The van der Waals surface area contributed by atoms with E-state index >= 15 is 0 Å². The first-order valence-corrected chi connectivity index (χ1v) is 8.05. The maximum atomic E-state index is 11.4. The average molecular weight is 328 g/mol. The number of benzene rings is 2. The van der Waals surface area contributed by atoms with Crippen LogP contribution in [-0.4, -0.2) is 30.7 Å². The fourth-order valence-electron chi connectivity index (χ4n) is 3.19. The normalized spacial score (nSPS) is 22.3. The lowest BCUT2D eigenvalue weighted by molar-refractivity contribution is -0.164. The van der Waals surface area contributed by atoms with Crippen LogP contribution in [0.5, 0.6) is 5.75 Å². The molecule has 0 aromatic heterocycles. The summed E-state index contributed by atoms with van der Waals surface area (Å²) in [7, 11) is 1.65. The first-order valence-electron chi connectivity index (χ1n) is 8.05. The van der Waals surface area contributed by atoms with E-state index in [1.807, 2.05) is 57.2 Å². The summed E-state index contributed by atoms with van der Waals surface area (Å²) in [6.07, 6.45) is -0.499. The second kappa shape index (κ2) is 5.88. The third kappa shape index (κ3) is 2.81. The number of hydrogen-bond acceptors (Lipinski definition) is 4. The number of fused-ring (bicyclic) bond motifs is 1. The molecule has 3 rings (SSSR count). The first-order chi connectivity index (χ1) is 11.3. The lowest BCUT2D eigenvalue weighted by atomic mass is 9.82. The zero-order chi connectivity index (χ0) is 17.5. The topological polar surface area (TPSA) is 47.9 Å². The van der Waals surface area contributed by atoms with Gasteiger partial charge in [0.1, 0.15) is 17.5 Å². The third-order valence-corrected chi connectivity index (χ3v) is 4.61. The van der Waals surface area contributed by atoms with Gasteiger partial charge in [-0.1, -0.05) is 24.8 Å². The molecule has 1 aliphatic heterocycles. The van der Waals surface area contributed by atoms with Gasteiger partial charge in [-0.05, 0) is 60.9 Å². The zero-order valence-electron chi connectivity index (χ0n) is 14.6. The van der Waals surface area contributed by atoms with Gasteiger partial charge in [0.05, 0.1) is 13.7 Å². The van der Waals surface area contributed by atoms with Crippen LogP contribution in [0.4, 0.5) is 0 Å². The van der Waals surface area contributed by atoms with Gasteiger partial charge in [0.25, 0.3) is 0 Å². The van der Waals surface area contributed by atoms with Crippen molar-refractivity contribution >= 4 is 10.8 Å². The van der Waals surface area contributed by atoms with Crippen molar-refractivity contribution in [2.24, 2.45) is 0 Å². The number of ether oxygens (including phenoxy) is 3. The molecule has 1 N–H and O–H groups in total. The summed E-state index contributed by atoms with van der Waals surface area (Å²) in [5, 5.41) is 13.5. The molecular formula is C20H24O4. The van der Waals surface area contributed by atoms with Gasteiger partial charge in [-0.25, -0.2) is 0 Å². The molecule has 0 radical (unpaired) electrons. The molecule has 128 valence electrons. The van der Waals surface area contributed by atoms with Crippen LogP contribution >= 0.6 is 0 Å². The van der Waals surface area contributed by atoms with Crippen LogP contribution in [0.25, 0.3) is 10.8 Å². The Bertz CT molecular complexity index is 780. The average Bonchev–Trinajstić information content (AvgIpc) is 2.93. The Labute approximate surface area is 142 Å². The fraction of sp³-hybridized carbons (Fsp3) is 0.400. The molecule has 2 atom stereocenters. The van der Waals surface area contributed by atoms with Crippen LogP contribution in [0.1, 0.15) is 26.3 Å². The van der Waals surface area contributed by atoms with Gasteiger partial charge in [0, 0.05) is 0 Å². The van der Waals surface area contributed by atoms with Crippen molar-refractivity contribution in [1.82, 2.24) is 0 Å². The number of aliphatic hydroxyl groups is 1. The summed E-state index contributed by atoms with van der Waals surface area (Å²) >= 11 is 0. The summed E-state index contributed by atoms with van der Waals surface area (Å²) < 4.78 is 16.8. The summed E-state index contributed by atoms with van der Waals surface area (Å²) in [6.45, 7) is 9.82. The van der Waals surface area contributed by atoms with Crippen molar-refractivity contribution in [3.63, 3.8) is 0 Å². The Morgan fingerprint density at radius 2 is 1.92 bits per heavy atom. The highest BCUT2D eigenvalue weighted by Gasteiger charge is 2.47. The van der Waals surface area contributed by atoms with Gasteiger partial charge >= 0.3 is 0 Å². The second-order valence-corrected chi connectivity index (χ2v) is 6.79. The molecule has 1 saturated heterocycles. The molecule has 2 aromatic rings. The molecule has 2 aromatic carbocycles. The highest BCUT2D eigenvalue weighted by molar-refractivity contribution is 5.84. The third-order valence-electron chi connectivity index (χ3n) is 4.61. The van der Waals surface area contributed by atoms with Crippen LogP contribution in [0.3, 0.4) is 0 Å². The van der Waals surface area contributed by atoms with E-state index in [-0.39, 0.29) is 0 Å². The molecule has 0 unspecified atom stereocenters. The Morgan fingerprint density at radius 3 is 2.50 bits per heavy atom. The van der Waals surface area contributed by atoms with Crippen LogP contribution < -0.4 is 4.74 Å². The van der Waals surface area contributed by atoms with E-state index < -0.39 is 17.5 Å². The van der Waals surface area contributed by atoms with E-state index in [0.717, 1.165) is 22.1 Å². The van der Waals surface area contributed by atoms with Crippen molar-refractivity contribution in [1.29, 1.82) is 0 Å². The van der Waals surface area contributed by atoms with Crippen LogP contribution in [0.2, 0.25) is 0 Å². The summed E-state index contributed by atoms with van der Waals surface area (Å²) in [5.41, 5.74) is 0.0719. The minimum atomic E-state index is -1.30. The fourth-order valence-corrected chi connectivity index (χ4v) is 3.19. The van der Waals surface area contributed by atoms with Gasteiger partial charge in [-0.15, -0.1) is 0 Å². The van der Waals surface area contributed by atoms with E-state index in [0.29, 0.717) is 12.2 Å². The van der Waals surface area contributed by atoms with E-state index in [2.05, 4.69) is 6.58 Å². The van der Waals surface area contributed by atoms with Crippen molar-refractivity contribution in [2.45, 2.75) is 38.3 Å². The number of rotatable bonds is 4. The predicted octanol–water partition coefficient (Wildman–Crippen LogP) is 3.76. The maximum absolute atomic E-state index is 11.4. The lowest BCUT2D eigenvalue weighted by Crippen LogP contribution is -2.43. The molecule has 0 aliphatic carbocycles. The van der Waals surface area contributed by atoms with Crippen LogP contribution in [0, 0.1) is 0 Å². The zero-order valence-corrected chi connectivity index (χ0v) is 14.6. The van der Waals surface area contributed by atoms with Gasteiger partial charge in [-0.3, -0.25) is 0 Å². The molecule has 0 amide bonds. The summed E-state index contributed by atoms with van der Waals surface area (Å²) in [4.78, 5) is 0. The Morgan fingerprint density at radius 1 is 1.25 bits per heavy atom. The monoisotopic (exact) mass is 328 g/mol. The Balaban J connectivity index is 2.06. The van der Waals surface area contributed by atoms with E-state index in [1.54, 1.807) is 7.11 Å². The van der Waals surface area contributed by atoms with Crippen molar-refractivity contribution in [3.8, 4) is 5.75 Å². The Hall–Kier alpha value is -1.88. The van der Waals surface area contributed by atoms with E-state index in [4.69, 9.17) is 14.2 Å². The highest BCUT2D eigenvalue weighted by atomic mass is 16.7. The SMILES string of the molecule is C=C(C)[C@](O)(c1ccc2cc(OC)ccc2c1)[C@H]1COC(C)(C)O1. The predicted molar refractivity (Wildman–Crippen MR) is 94.1 cm³/mol. The molecule has 0 spiro atoms. The van der Waals surface area contributed by atoms with Gasteiger partial charge in [0.15, 0.2) is 5.79 Å². The summed E-state index contributed by atoms with van der Waals surface area (Å²) in [5.74, 6) is 0.0953. The second-order valence-electron chi connectivity index (χ2n) is 6.79. The largest absolute Gasteiger partial charge is 0.497 e. The molecule has 1 aliphatic rings. The van der Waals surface area contributed by atoms with E-state index in [9.17, 15) is 5.11 Å². The maximum Gasteiger partial charge on any atom is 0.163 e. The Kier molecular flexibility index (Phi) is 4.16. The van der Waals surface area contributed by atoms with Gasteiger partial charge in [0.2, 0.25) is 0 Å². The minimum Gasteiger partial charge on any atom is -0.497 e. The quantitative estimate of drug-likeness (QED) is 0.868.